The molecule has 0 N–H and O–H groups in total. The molecular formula is C15H10BrClF3NO3S. The summed E-state index contributed by atoms with van der Waals surface area (Å²) in [7, 11) is -4.29. The third kappa shape index (κ3) is 4.74. The predicted octanol–water partition coefficient (Wildman–Crippen LogP) is 4.43. The van der Waals surface area contributed by atoms with Gasteiger partial charge < -0.3 is 0 Å². The maximum Gasteiger partial charge on any atom is 0.416 e. The van der Waals surface area contributed by atoms with E-state index >= 15 is 0 Å². The molecule has 0 saturated heterocycles. The van der Waals surface area contributed by atoms with Gasteiger partial charge in [0.2, 0.25) is 5.24 Å². The van der Waals surface area contributed by atoms with Crippen molar-refractivity contribution in [2.75, 3.05) is 10.8 Å². The van der Waals surface area contributed by atoms with Gasteiger partial charge in [-0.25, -0.2) is 8.42 Å². The van der Waals surface area contributed by atoms with Gasteiger partial charge >= 0.3 is 6.18 Å². The first kappa shape index (κ1) is 19.7. The quantitative estimate of drug-likeness (QED) is 0.626. The molecule has 2 aromatic carbocycles. The van der Waals surface area contributed by atoms with Gasteiger partial charge in [-0.1, -0.05) is 22.0 Å². The van der Waals surface area contributed by atoms with Crippen LogP contribution in [0.15, 0.2) is 57.9 Å². The summed E-state index contributed by atoms with van der Waals surface area (Å²) in [5, 5.41) is -1.03. The maximum atomic E-state index is 12.9. The molecule has 0 aromatic heterocycles. The Kier molecular flexibility index (Phi) is 5.80. The first-order chi connectivity index (χ1) is 11.5. The van der Waals surface area contributed by atoms with E-state index in [4.69, 9.17) is 11.6 Å². The van der Waals surface area contributed by atoms with Crippen LogP contribution < -0.4 is 4.31 Å². The van der Waals surface area contributed by atoms with E-state index in [0.717, 1.165) is 18.2 Å². The fourth-order valence-corrected chi connectivity index (χ4v) is 3.87. The van der Waals surface area contributed by atoms with E-state index in [2.05, 4.69) is 15.9 Å². The molecule has 4 nitrogen and oxygen atoms in total. The molecule has 0 aliphatic rings. The highest BCUT2D eigenvalue weighted by Crippen LogP contribution is 2.33. The van der Waals surface area contributed by atoms with Crippen LogP contribution in [0, 0.1) is 0 Å². The van der Waals surface area contributed by atoms with Crippen molar-refractivity contribution in [1.82, 2.24) is 0 Å². The summed E-state index contributed by atoms with van der Waals surface area (Å²) in [5.41, 5.74) is -1.35. The average molecular weight is 457 g/mol. The predicted molar refractivity (Wildman–Crippen MR) is 91.0 cm³/mol. The van der Waals surface area contributed by atoms with E-state index in [-0.39, 0.29) is 10.6 Å². The van der Waals surface area contributed by atoms with Crippen molar-refractivity contribution in [1.29, 1.82) is 0 Å². The van der Waals surface area contributed by atoms with Crippen molar-refractivity contribution in [3.63, 3.8) is 0 Å². The Bertz CT molecular complexity index is 886. The molecule has 0 spiro atoms. The molecule has 2 aromatic rings. The van der Waals surface area contributed by atoms with E-state index in [9.17, 15) is 26.4 Å². The Labute approximate surface area is 155 Å². The lowest BCUT2D eigenvalue weighted by Gasteiger charge is -2.23. The van der Waals surface area contributed by atoms with E-state index < -0.39 is 33.6 Å². The van der Waals surface area contributed by atoms with E-state index in [1.54, 1.807) is 0 Å². The Morgan fingerprint density at radius 1 is 1.12 bits per heavy atom. The van der Waals surface area contributed by atoms with Crippen LogP contribution in [-0.2, 0) is 21.0 Å². The molecule has 0 aliphatic heterocycles. The minimum Gasteiger partial charge on any atom is -0.279 e. The second kappa shape index (κ2) is 7.35. The highest BCUT2D eigenvalue weighted by molar-refractivity contribution is 9.10. The number of hydrogen-bond acceptors (Lipinski definition) is 3. The summed E-state index contributed by atoms with van der Waals surface area (Å²) >= 11 is 8.45. The number of carbonyl (C=O) groups is 1. The summed E-state index contributed by atoms with van der Waals surface area (Å²) in [6, 6.07) is 9.11. The molecule has 134 valence electrons. The van der Waals surface area contributed by atoms with E-state index in [1.807, 2.05) is 0 Å². The number of benzene rings is 2. The SMILES string of the molecule is O=C(Cl)CN(c1cccc(C(F)(F)F)c1)S(=O)(=O)c1ccc(Br)cc1. The van der Waals surface area contributed by atoms with E-state index in [0.29, 0.717) is 14.8 Å². The molecule has 0 atom stereocenters. The van der Waals surface area contributed by atoms with E-state index in [1.165, 1.54) is 24.3 Å². The number of rotatable bonds is 5. The van der Waals surface area contributed by atoms with Crippen LogP contribution in [0.3, 0.4) is 0 Å². The first-order valence-corrected chi connectivity index (χ1v) is 9.27. The van der Waals surface area contributed by atoms with Crippen LogP contribution in [0.25, 0.3) is 0 Å². The fraction of sp³-hybridized carbons (Fsp3) is 0.133. The zero-order valence-electron chi connectivity index (χ0n) is 12.3. The number of alkyl halides is 3. The summed E-state index contributed by atoms with van der Waals surface area (Å²) < 4.78 is 65.4. The van der Waals surface area contributed by atoms with Gasteiger partial charge in [0.1, 0.15) is 6.54 Å². The smallest absolute Gasteiger partial charge is 0.279 e. The number of sulfonamides is 1. The minimum absolute atomic E-state index is 0.189. The number of nitrogens with zero attached hydrogens (tertiary/aromatic N) is 1. The number of carbonyl (C=O) groups excluding carboxylic acids is 1. The van der Waals surface area contributed by atoms with Gasteiger partial charge in [-0.15, -0.1) is 0 Å². The summed E-state index contributed by atoms with van der Waals surface area (Å²) in [6.45, 7) is -0.804. The highest BCUT2D eigenvalue weighted by Gasteiger charge is 2.33. The van der Waals surface area contributed by atoms with Gasteiger partial charge in [-0.2, -0.15) is 13.2 Å². The largest absolute Gasteiger partial charge is 0.416 e. The summed E-state index contributed by atoms with van der Waals surface area (Å²) in [4.78, 5) is 11.1. The van der Waals surface area contributed by atoms with Gasteiger partial charge in [0.15, 0.2) is 0 Å². The molecule has 0 fully saturated rings. The molecule has 0 unspecified atom stereocenters. The molecular weight excluding hydrogens is 447 g/mol. The Morgan fingerprint density at radius 3 is 2.24 bits per heavy atom. The lowest BCUT2D eigenvalue weighted by atomic mass is 10.2. The van der Waals surface area contributed by atoms with Crippen LogP contribution >= 0.6 is 27.5 Å². The van der Waals surface area contributed by atoms with Crippen molar-refractivity contribution >= 4 is 48.5 Å². The van der Waals surface area contributed by atoms with Gasteiger partial charge in [0, 0.05) is 4.47 Å². The first-order valence-electron chi connectivity index (χ1n) is 6.66. The van der Waals surface area contributed by atoms with Gasteiger partial charge in [0.05, 0.1) is 16.1 Å². The van der Waals surface area contributed by atoms with Crippen molar-refractivity contribution in [3.8, 4) is 0 Å². The monoisotopic (exact) mass is 455 g/mol. The number of halogens is 5. The topological polar surface area (TPSA) is 54.5 Å². The van der Waals surface area contributed by atoms with Crippen molar-refractivity contribution < 1.29 is 26.4 Å². The molecule has 0 aliphatic carbocycles. The molecule has 0 heterocycles. The van der Waals surface area contributed by atoms with Crippen molar-refractivity contribution in [2.45, 2.75) is 11.1 Å². The molecule has 10 heteroatoms. The van der Waals surface area contributed by atoms with Crippen LogP contribution in [0.4, 0.5) is 18.9 Å². The highest BCUT2D eigenvalue weighted by atomic mass is 79.9. The standard InChI is InChI=1S/C15H10BrClF3NO3S/c16-11-4-6-13(7-5-11)25(23,24)21(9-14(17)22)12-3-1-2-10(8-12)15(18,19)20/h1-8H,9H2. The lowest BCUT2D eigenvalue weighted by molar-refractivity contribution is -0.137. The zero-order valence-corrected chi connectivity index (χ0v) is 15.5. The van der Waals surface area contributed by atoms with Crippen LogP contribution in [-0.4, -0.2) is 20.2 Å². The van der Waals surface area contributed by atoms with Crippen LogP contribution in [0.2, 0.25) is 0 Å². The molecule has 0 saturated carbocycles. The second-order valence-corrected chi connectivity index (χ2v) is 8.07. The van der Waals surface area contributed by atoms with Crippen LogP contribution in [0.1, 0.15) is 5.56 Å². The third-order valence-electron chi connectivity index (χ3n) is 3.13. The number of hydrogen-bond donors (Lipinski definition) is 0. The van der Waals surface area contributed by atoms with Crippen molar-refractivity contribution in [2.24, 2.45) is 0 Å². The molecule has 0 amide bonds. The fourth-order valence-electron chi connectivity index (χ4n) is 2.00. The Hall–Kier alpha value is -1.58. The zero-order chi connectivity index (χ0) is 18.8. The normalized spacial score (nSPS) is 12.0. The maximum absolute atomic E-state index is 12.9. The second-order valence-electron chi connectivity index (χ2n) is 4.87. The van der Waals surface area contributed by atoms with Crippen molar-refractivity contribution in [3.05, 3.63) is 58.6 Å². The molecule has 25 heavy (non-hydrogen) atoms. The average Bonchev–Trinajstić information content (AvgIpc) is 2.52. The Morgan fingerprint density at radius 2 is 1.72 bits per heavy atom. The minimum atomic E-state index is -4.66. The summed E-state index contributed by atoms with van der Waals surface area (Å²) in [5.74, 6) is 0. The summed E-state index contributed by atoms with van der Waals surface area (Å²) in [6.07, 6.45) is -4.66. The van der Waals surface area contributed by atoms with Gasteiger partial charge in [-0.3, -0.25) is 9.10 Å². The van der Waals surface area contributed by atoms with Gasteiger partial charge in [-0.05, 0) is 54.1 Å². The Balaban J connectivity index is 2.57. The molecule has 2 rings (SSSR count). The van der Waals surface area contributed by atoms with Crippen LogP contribution in [0.5, 0.6) is 0 Å². The lowest BCUT2D eigenvalue weighted by Crippen LogP contribution is -2.34. The van der Waals surface area contributed by atoms with Gasteiger partial charge in [0.25, 0.3) is 10.0 Å². The molecule has 0 bridgehead atoms. The number of anilines is 1. The molecule has 0 radical (unpaired) electrons. The third-order valence-corrected chi connectivity index (χ3v) is 5.57.